The first-order valence-electron chi connectivity index (χ1n) is 13.6. The van der Waals surface area contributed by atoms with Crippen molar-refractivity contribution in [2.24, 2.45) is 0 Å². The number of rotatable bonds is 3. The van der Waals surface area contributed by atoms with Gasteiger partial charge in [0.15, 0.2) is 0 Å². The first-order chi connectivity index (χ1) is 17.2. The molecule has 37 heavy (non-hydrogen) atoms. The van der Waals surface area contributed by atoms with Crippen molar-refractivity contribution in [2.45, 2.75) is 77.0 Å². The summed E-state index contributed by atoms with van der Waals surface area (Å²) in [4.78, 5) is 0. The summed E-state index contributed by atoms with van der Waals surface area (Å²) in [5.74, 6) is 0.897. The fourth-order valence-corrected chi connectivity index (χ4v) is 7.00. The molecule has 2 aliphatic carbocycles. The molecular formula is C36H38Zr. The summed E-state index contributed by atoms with van der Waals surface area (Å²) in [6, 6.07) is 32.2. The third kappa shape index (κ3) is 4.32. The van der Waals surface area contributed by atoms with Crippen molar-refractivity contribution in [3.05, 3.63) is 118 Å². The van der Waals surface area contributed by atoms with Crippen LogP contribution >= 0.6 is 0 Å². The molecule has 0 saturated heterocycles. The van der Waals surface area contributed by atoms with E-state index in [4.69, 9.17) is 0 Å². The Morgan fingerprint density at radius 3 is 1.19 bits per heavy atom. The predicted octanol–water partition coefficient (Wildman–Crippen LogP) is 9.98. The second kappa shape index (κ2) is 9.50. The van der Waals surface area contributed by atoms with E-state index in [0.717, 1.165) is 12.8 Å². The SMILES string of the molecule is CC(C)(C)c1cccc2c1C(CCC1c3ccccc3-c3cccc(C(C)(C)C)c31)c1ccccc1-2.[Zr]. The van der Waals surface area contributed by atoms with E-state index < -0.39 is 0 Å². The molecule has 0 radical (unpaired) electrons. The molecule has 0 amide bonds. The topological polar surface area (TPSA) is 0 Å². The van der Waals surface area contributed by atoms with Crippen LogP contribution in [0.4, 0.5) is 0 Å². The van der Waals surface area contributed by atoms with Crippen molar-refractivity contribution in [2.75, 3.05) is 0 Å². The second-order valence-electron chi connectivity index (χ2n) is 12.9. The van der Waals surface area contributed by atoms with E-state index in [9.17, 15) is 0 Å². The predicted molar refractivity (Wildman–Crippen MR) is 154 cm³/mol. The van der Waals surface area contributed by atoms with Crippen LogP contribution in [-0.2, 0) is 37.0 Å². The van der Waals surface area contributed by atoms with Crippen LogP contribution in [0.5, 0.6) is 0 Å². The van der Waals surface area contributed by atoms with E-state index >= 15 is 0 Å². The van der Waals surface area contributed by atoms with Crippen molar-refractivity contribution >= 4 is 0 Å². The molecule has 0 bridgehead atoms. The molecule has 0 nitrogen and oxygen atoms in total. The molecule has 1 heteroatoms. The molecule has 0 aromatic heterocycles. The number of fused-ring (bicyclic) bond motifs is 6. The van der Waals surface area contributed by atoms with Crippen LogP contribution < -0.4 is 0 Å². The summed E-state index contributed by atoms with van der Waals surface area (Å²) in [7, 11) is 0. The zero-order valence-electron chi connectivity index (χ0n) is 23.2. The van der Waals surface area contributed by atoms with Crippen LogP contribution in [0.3, 0.4) is 0 Å². The van der Waals surface area contributed by atoms with Crippen LogP contribution in [0.1, 0.15) is 99.6 Å². The molecule has 0 N–H and O–H groups in total. The molecule has 186 valence electrons. The normalized spacial score (nSPS) is 17.5. The quantitative estimate of drug-likeness (QED) is 0.233. The van der Waals surface area contributed by atoms with Gasteiger partial charge in [0.1, 0.15) is 0 Å². The number of hydrogen-bond acceptors (Lipinski definition) is 0. The third-order valence-electron chi connectivity index (χ3n) is 8.52. The number of hydrogen-bond donors (Lipinski definition) is 0. The first kappa shape index (κ1) is 26.4. The molecule has 6 rings (SSSR count). The minimum absolute atomic E-state index is 0. The third-order valence-corrected chi connectivity index (χ3v) is 8.52. The maximum atomic E-state index is 2.38. The van der Waals surface area contributed by atoms with Crippen LogP contribution in [-0.4, -0.2) is 0 Å². The molecule has 2 atom stereocenters. The Morgan fingerprint density at radius 1 is 0.459 bits per heavy atom. The molecule has 0 aliphatic heterocycles. The van der Waals surface area contributed by atoms with Gasteiger partial charge in [-0.2, -0.15) is 0 Å². The Kier molecular flexibility index (Phi) is 6.77. The summed E-state index contributed by atoms with van der Waals surface area (Å²) in [5.41, 5.74) is 15.2. The second-order valence-corrected chi connectivity index (χ2v) is 12.9. The van der Waals surface area contributed by atoms with E-state index in [1.807, 2.05) is 0 Å². The molecule has 2 unspecified atom stereocenters. The molecule has 0 heterocycles. The average molecular weight is 562 g/mol. The molecule has 0 spiro atoms. The summed E-state index contributed by atoms with van der Waals surface area (Å²) in [5, 5.41) is 0. The van der Waals surface area contributed by atoms with Gasteiger partial charge in [-0.25, -0.2) is 0 Å². The minimum Gasteiger partial charge on any atom is -0.0619 e. The van der Waals surface area contributed by atoms with Gasteiger partial charge in [0.05, 0.1) is 0 Å². The number of benzene rings is 4. The maximum absolute atomic E-state index is 2.38. The standard InChI is InChI=1S/C36H38.Zr/c1-35(2,3)31-19-11-17-27-23-13-7-9-15-25(23)29(33(27)31)21-22-30-26-16-10-8-14-24(26)28-18-12-20-32(34(28)30)36(4,5)6;/h7-20,29-30H,21-22H2,1-6H3;. The zero-order chi connectivity index (χ0) is 25.2. The Labute approximate surface area is 242 Å². The van der Waals surface area contributed by atoms with E-state index in [-0.39, 0.29) is 37.0 Å². The molecule has 2 aliphatic rings. The van der Waals surface area contributed by atoms with Crippen LogP contribution in [0.15, 0.2) is 84.9 Å². The zero-order valence-corrected chi connectivity index (χ0v) is 25.6. The van der Waals surface area contributed by atoms with Gasteiger partial charge in [-0.1, -0.05) is 126 Å². The van der Waals surface area contributed by atoms with Gasteiger partial charge in [0.25, 0.3) is 0 Å². The molecule has 0 fully saturated rings. The Hall–Kier alpha value is -2.24. The van der Waals surface area contributed by atoms with E-state index in [2.05, 4.69) is 126 Å². The molecule has 4 aromatic rings. The summed E-state index contributed by atoms with van der Waals surface area (Å²) < 4.78 is 0. The molecule has 4 aromatic carbocycles. The monoisotopic (exact) mass is 560 g/mol. The maximum Gasteiger partial charge on any atom is 0.0105 e. The first-order valence-corrected chi connectivity index (χ1v) is 13.6. The van der Waals surface area contributed by atoms with E-state index in [1.54, 1.807) is 11.1 Å². The van der Waals surface area contributed by atoms with Crippen molar-refractivity contribution in [3.8, 4) is 22.3 Å². The van der Waals surface area contributed by atoms with E-state index in [0.29, 0.717) is 11.8 Å². The van der Waals surface area contributed by atoms with Gasteiger partial charge in [0, 0.05) is 38.0 Å². The summed E-state index contributed by atoms with van der Waals surface area (Å²) in [6.07, 6.45) is 2.32. The van der Waals surface area contributed by atoms with Gasteiger partial charge in [0.2, 0.25) is 0 Å². The van der Waals surface area contributed by atoms with Crippen LogP contribution in [0, 0.1) is 0 Å². The van der Waals surface area contributed by atoms with Gasteiger partial charge in [-0.05, 0) is 79.3 Å². The van der Waals surface area contributed by atoms with Crippen molar-refractivity contribution < 1.29 is 26.2 Å². The van der Waals surface area contributed by atoms with Crippen molar-refractivity contribution in [1.82, 2.24) is 0 Å². The van der Waals surface area contributed by atoms with Gasteiger partial charge >= 0.3 is 0 Å². The van der Waals surface area contributed by atoms with Gasteiger partial charge in [-0.15, -0.1) is 0 Å². The molecule has 0 saturated carbocycles. The average Bonchev–Trinajstić information content (AvgIpc) is 3.34. The van der Waals surface area contributed by atoms with E-state index in [1.165, 1.54) is 44.5 Å². The Morgan fingerprint density at radius 2 is 0.811 bits per heavy atom. The fraction of sp³-hybridized carbons (Fsp3) is 0.333. The Bertz CT molecular complexity index is 1350. The largest absolute Gasteiger partial charge is 0.0619 e. The Balaban J connectivity index is 0.00000280. The van der Waals surface area contributed by atoms with Crippen LogP contribution in [0.25, 0.3) is 22.3 Å². The van der Waals surface area contributed by atoms with Crippen molar-refractivity contribution in [3.63, 3.8) is 0 Å². The van der Waals surface area contributed by atoms with Crippen molar-refractivity contribution in [1.29, 1.82) is 0 Å². The van der Waals surface area contributed by atoms with Crippen LogP contribution in [0.2, 0.25) is 0 Å². The summed E-state index contributed by atoms with van der Waals surface area (Å²) >= 11 is 0. The van der Waals surface area contributed by atoms with Gasteiger partial charge in [-0.3, -0.25) is 0 Å². The summed E-state index contributed by atoms with van der Waals surface area (Å²) in [6.45, 7) is 14.2. The minimum atomic E-state index is 0. The smallest absolute Gasteiger partial charge is 0.0105 e. The fourth-order valence-electron chi connectivity index (χ4n) is 7.00. The molecular weight excluding hydrogens is 524 g/mol. The van der Waals surface area contributed by atoms with Gasteiger partial charge < -0.3 is 0 Å².